The summed E-state index contributed by atoms with van der Waals surface area (Å²) < 4.78 is 5.79. The van der Waals surface area contributed by atoms with Crippen molar-refractivity contribution in [2.75, 3.05) is 6.54 Å². The highest BCUT2D eigenvalue weighted by molar-refractivity contribution is 5.75. The van der Waals surface area contributed by atoms with E-state index in [1.807, 2.05) is 12.1 Å². The number of nitrogens with zero attached hydrogens (tertiary/aromatic N) is 1. The van der Waals surface area contributed by atoms with E-state index in [0.29, 0.717) is 24.4 Å². The lowest BCUT2D eigenvalue weighted by atomic mass is 9.89. The Morgan fingerprint density at radius 1 is 1.47 bits per heavy atom. The topological polar surface area (TPSA) is 51.2 Å². The van der Waals surface area contributed by atoms with Gasteiger partial charge in [0.15, 0.2) is 0 Å². The second-order valence-corrected chi connectivity index (χ2v) is 5.17. The number of pyridine rings is 1. The molecule has 0 atom stereocenters. The fourth-order valence-corrected chi connectivity index (χ4v) is 2.24. The summed E-state index contributed by atoms with van der Waals surface area (Å²) in [7, 11) is 0. The summed E-state index contributed by atoms with van der Waals surface area (Å²) in [5.74, 6) is 0.899. The number of rotatable bonds is 7. The number of Topliss-reactive ketones (excluding diaryl/α,β-unsaturated/α-hetero) is 1. The lowest BCUT2D eigenvalue weighted by Gasteiger charge is -2.35. The van der Waals surface area contributed by atoms with Gasteiger partial charge in [-0.05, 0) is 38.3 Å². The number of ether oxygens (including phenoxy) is 1. The first kappa shape index (κ1) is 14.0. The Morgan fingerprint density at radius 3 is 2.84 bits per heavy atom. The summed E-state index contributed by atoms with van der Waals surface area (Å²) >= 11 is 0. The summed E-state index contributed by atoms with van der Waals surface area (Å²) in [5, 5.41) is 3.40. The van der Waals surface area contributed by atoms with Crippen molar-refractivity contribution < 1.29 is 9.53 Å². The molecule has 1 aliphatic rings. The van der Waals surface area contributed by atoms with Gasteiger partial charge in [0.25, 0.3) is 0 Å². The van der Waals surface area contributed by atoms with E-state index in [0.717, 1.165) is 31.4 Å². The van der Waals surface area contributed by atoms with Crippen LogP contribution in [0, 0.1) is 0 Å². The number of carbonyl (C=O) groups is 1. The molecule has 0 unspecified atom stereocenters. The zero-order valence-corrected chi connectivity index (χ0v) is 11.7. The van der Waals surface area contributed by atoms with Crippen molar-refractivity contribution >= 4 is 5.78 Å². The van der Waals surface area contributed by atoms with Crippen molar-refractivity contribution in [1.29, 1.82) is 0 Å². The molecule has 4 nitrogen and oxygen atoms in total. The van der Waals surface area contributed by atoms with Crippen molar-refractivity contribution in [1.82, 2.24) is 10.3 Å². The summed E-state index contributed by atoms with van der Waals surface area (Å²) in [6, 6.07) is 4.49. The number of aryl methyl sites for hydroxylation is 1. The highest BCUT2D eigenvalue weighted by Gasteiger charge is 2.30. The Labute approximate surface area is 114 Å². The van der Waals surface area contributed by atoms with E-state index in [1.165, 1.54) is 0 Å². The Hall–Kier alpha value is -1.42. The minimum Gasteiger partial charge on any atom is -0.474 e. The predicted molar refractivity (Wildman–Crippen MR) is 74.4 cm³/mol. The van der Waals surface area contributed by atoms with Crippen LogP contribution in [-0.4, -0.2) is 29.5 Å². The molecule has 0 aromatic carbocycles. The van der Waals surface area contributed by atoms with E-state index in [4.69, 9.17) is 4.74 Å². The third-order valence-electron chi connectivity index (χ3n) is 3.44. The highest BCUT2D eigenvalue weighted by Crippen LogP contribution is 2.24. The zero-order valence-electron chi connectivity index (χ0n) is 11.7. The Kier molecular flexibility index (Phi) is 4.91. The summed E-state index contributed by atoms with van der Waals surface area (Å²) in [4.78, 5) is 15.2. The zero-order chi connectivity index (χ0) is 13.7. The fraction of sp³-hybridized carbons (Fsp3) is 0.600. The van der Waals surface area contributed by atoms with Gasteiger partial charge in [0.1, 0.15) is 11.9 Å². The molecule has 104 valence electrons. The van der Waals surface area contributed by atoms with Gasteiger partial charge in [-0.25, -0.2) is 4.98 Å². The quantitative estimate of drug-likeness (QED) is 0.818. The first-order valence-corrected chi connectivity index (χ1v) is 7.01. The molecule has 0 aliphatic heterocycles. The van der Waals surface area contributed by atoms with Crippen LogP contribution < -0.4 is 10.1 Å². The Balaban J connectivity index is 1.75. The number of ketones is 1. The standard InChI is InChI=1S/C15H22N2O2/c1-3-16-13-8-14(9-13)19-15-7-6-12(10-17-15)5-4-11(2)18/h6-7,10,13-14,16H,3-5,8-9H2,1-2H3. The number of aromatic nitrogens is 1. The molecule has 0 radical (unpaired) electrons. The first-order valence-electron chi connectivity index (χ1n) is 7.01. The van der Waals surface area contributed by atoms with Gasteiger partial charge in [0.2, 0.25) is 5.88 Å². The van der Waals surface area contributed by atoms with Crippen LogP contribution in [0.15, 0.2) is 18.3 Å². The van der Waals surface area contributed by atoms with Crippen LogP contribution in [0.3, 0.4) is 0 Å². The molecule has 0 bridgehead atoms. The van der Waals surface area contributed by atoms with Gasteiger partial charge >= 0.3 is 0 Å². The van der Waals surface area contributed by atoms with E-state index in [1.54, 1.807) is 13.1 Å². The van der Waals surface area contributed by atoms with Crippen LogP contribution in [-0.2, 0) is 11.2 Å². The number of hydrogen-bond acceptors (Lipinski definition) is 4. The Bertz CT molecular complexity index is 411. The maximum absolute atomic E-state index is 10.9. The number of carbonyl (C=O) groups excluding carboxylic acids is 1. The summed E-state index contributed by atoms with van der Waals surface area (Å²) in [6.45, 7) is 4.75. The average molecular weight is 262 g/mol. The molecular formula is C15H22N2O2. The molecule has 1 heterocycles. The van der Waals surface area contributed by atoms with Crippen molar-refractivity contribution in [2.24, 2.45) is 0 Å². The maximum Gasteiger partial charge on any atom is 0.213 e. The average Bonchev–Trinajstić information content (AvgIpc) is 2.35. The number of hydrogen-bond donors (Lipinski definition) is 1. The second-order valence-electron chi connectivity index (χ2n) is 5.17. The molecule has 1 N–H and O–H groups in total. The van der Waals surface area contributed by atoms with Crippen molar-refractivity contribution in [3.63, 3.8) is 0 Å². The molecule has 1 aliphatic carbocycles. The van der Waals surface area contributed by atoms with E-state index in [-0.39, 0.29) is 5.78 Å². The second kappa shape index (κ2) is 6.66. The van der Waals surface area contributed by atoms with E-state index < -0.39 is 0 Å². The van der Waals surface area contributed by atoms with E-state index in [9.17, 15) is 4.79 Å². The summed E-state index contributed by atoms with van der Waals surface area (Å²) in [5.41, 5.74) is 1.08. The molecule has 0 spiro atoms. The van der Waals surface area contributed by atoms with E-state index in [2.05, 4.69) is 17.2 Å². The third kappa shape index (κ3) is 4.31. The predicted octanol–water partition coefficient (Wildman–Crippen LogP) is 2.12. The van der Waals surface area contributed by atoms with Gasteiger partial charge in [-0.2, -0.15) is 0 Å². The molecule has 19 heavy (non-hydrogen) atoms. The van der Waals surface area contributed by atoms with Crippen LogP contribution in [0.2, 0.25) is 0 Å². The smallest absolute Gasteiger partial charge is 0.213 e. The van der Waals surface area contributed by atoms with Crippen LogP contribution in [0.4, 0.5) is 0 Å². The first-order chi connectivity index (χ1) is 9.17. The normalized spacial score (nSPS) is 21.8. The molecule has 2 rings (SSSR count). The minimum atomic E-state index is 0.212. The molecular weight excluding hydrogens is 240 g/mol. The fourth-order valence-electron chi connectivity index (χ4n) is 2.24. The van der Waals surface area contributed by atoms with Crippen LogP contribution in [0.1, 0.15) is 38.7 Å². The molecule has 4 heteroatoms. The number of nitrogens with one attached hydrogen (secondary N) is 1. The SMILES string of the molecule is CCNC1CC(Oc2ccc(CCC(C)=O)cn2)C1. The van der Waals surface area contributed by atoms with Crippen LogP contribution in [0.25, 0.3) is 0 Å². The van der Waals surface area contributed by atoms with Gasteiger partial charge in [0.05, 0.1) is 0 Å². The third-order valence-corrected chi connectivity index (χ3v) is 3.44. The van der Waals surface area contributed by atoms with Crippen molar-refractivity contribution in [3.05, 3.63) is 23.9 Å². The Morgan fingerprint density at radius 2 is 2.26 bits per heavy atom. The van der Waals surface area contributed by atoms with Crippen molar-refractivity contribution in [2.45, 2.75) is 51.7 Å². The molecule has 0 saturated heterocycles. The highest BCUT2D eigenvalue weighted by atomic mass is 16.5. The van der Waals surface area contributed by atoms with Gasteiger partial charge in [-0.3, -0.25) is 0 Å². The van der Waals surface area contributed by atoms with Gasteiger partial charge in [0, 0.05) is 24.7 Å². The van der Waals surface area contributed by atoms with Crippen molar-refractivity contribution in [3.8, 4) is 5.88 Å². The van der Waals surface area contributed by atoms with Gasteiger partial charge in [-0.15, -0.1) is 0 Å². The summed E-state index contributed by atoms with van der Waals surface area (Å²) in [6.07, 6.45) is 5.55. The van der Waals surface area contributed by atoms with E-state index >= 15 is 0 Å². The maximum atomic E-state index is 10.9. The lowest BCUT2D eigenvalue weighted by molar-refractivity contribution is -0.116. The van der Waals surface area contributed by atoms with Crippen LogP contribution in [0.5, 0.6) is 5.88 Å². The molecule has 1 aromatic rings. The largest absolute Gasteiger partial charge is 0.474 e. The molecule has 1 fully saturated rings. The van der Waals surface area contributed by atoms with Gasteiger partial charge < -0.3 is 14.8 Å². The van der Waals surface area contributed by atoms with Crippen LogP contribution >= 0.6 is 0 Å². The molecule has 1 saturated carbocycles. The molecule has 0 amide bonds. The minimum absolute atomic E-state index is 0.212. The van der Waals surface area contributed by atoms with Gasteiger partial charge in [-0.1, -0.05) is 13.0 Å². The monoisotopic (exact) mass is 262 g/mol. The lowest BCUT2D eigenvalue weighted by Crippen LogP contribution is -2.46. The molecule has 1 aromatic heterocycles.